The zero-order valence-electron chi connectivity index (χ0n) is 18.2. The van der Waals surface area contributed by atoms with Crippen LogP contribution < -0.4 is 18.9 Å². The van der Waals surface area contributed by atoms with E-state index in [1.54, 1.807) is 31.3 Å². The highest BCUT2D eigenvalue weighted by molar-refractivity contribution is 6.04. The lowest BCUT2D eigenvalue weighted by Gasteiger charge is -2.45. The quantitative estimate of drug-likeness (QED) is 0.679. The van der Waals surface area contributed by atoms with Crippen LogP contribution in [-0.2, 0) is 16.0 Å². The van der Waals surface area contributed by atoms with Gasteiger partial charge in [0, 0.05) is 6.54 Å². The summed E-state index contributed by atoms with van der Waals surface area (Å²) in [5.74, 6) is 0.524. The summed E-state index contributed by atoms with van der Waals surface area (Å²) >= 11 is 0. The van der Waals surface area contributed by atoms with Crippen molar-refractivity contribution >= 4 is 11.9 Å². The molecule has 4 rings (SSSR count). The zero-order chi connectivity index (χ0) is 22.3. The van der Waals surface area contributed by atoms with E-state index in [1.807, 2.05) is 12.1 Å². The third kappa shape index (κ3) is 3.05. The Morgan fingerprint density at radius 1 is 0.903 bits per heavy atom. The lowest BCUT2D eigenvalue weighted by atomic mass is 9.75. The second kappa shape index (κ2) is 8.02. The molecule has 0 N–H and O–H groups in total. The first-order valence-corrected chi connectivity index (χ1v) is 9.89. The topological polar surface area (TPSA) is 83.5 Å². The summed E-state index contributed by atoms with van der Waals surface area (Å²) in [5.41, 5.74) is 2.73. The number of benzene rings is 2. The number of fused-ring (bicyclic) bond motifs is 4. The van der Waals surface area contributed by atoms with Crippen LogP contribution in [-0.4, -0.2) is 58.9 Å². The molecule has 164 valence electrons. The second-order valence-corrected chi connectivity index (χ2v) is 7.37. The molecule has 31 heavy (non-hydrogen) atoms. The molecular weight excluding hydrogens is 402 g/mol. The summed E-state index contributed by atoms with van der Waals surface area (Å²) in [5, 5.41) is 0. The Balaban J connectivity index is 1.98. The van der Waals surface area contributed by atoms with E-state index >= 15 is 0 Å². The minimum absolute atomic E-state index is 0.212. The third-order valence-electron chi connectivity index (χ3n) is 6.08. The van der Waals surface area contributed by atoms with Crippen molar-refractivity contribution < 1.29 is 33.3 Å². The molecule has 2 heterocycles. The minimum atomic E-state index is -0.727. The molecule has 0 aromatic heterocycles. The Kier molecular flexibility index (Phi) is 5.39. The lowest BCUT2D eigenvalue weighted by molar-refractivity contribution is -0.144. The monoisotopic (exact) mass is 427 g/mol. The Morgan fingerprint density at radius 3 is 2.19 bits per heavy atom. The Morgan fingerprint density at radius 2 is 1.58 bits per heavy atom. The van der Waals surface area contributed by atoms with Crippen molar-refractivity contribution in [1.29, 1.82) is 0 Å². The van der Waals surface area contributed by atoms with E-state index in [9.17, 15) is 9.59 Å². The molecule has 8 heteroatoms. The van der Waals surface area contributed by atoms with Gasteiger partial charge in [0.05, 0.1) is 47.2 Å². The van der Waals surface area contributed by atoms with Crippen molar-refractivity contribution in [1.82, 2.24) is 4.90 Å². The van der Waals surface area contributed by atoms with E-state index < -0.39 is 17.9 Å². The van der Waals surface area contributed by atoms with Gasteiger partial charge in [-0.25, -0.2) is 0 Å². The number of carbonyl (C=O) groups excluding carboxylic acids is 2. The predicted molar refractivity (Wildman–Crippen MR) is 111 cm³/mol. The minimum Gasteiger partial charge on any atom is -0.493 e. The van der Waals surface area contributed by atoms with Crippen molar-refractivity contribution in [3.63, 3.8) is 0 Å². The molecule has 0 radical (unpaired) electrons. The van der Waals surface area contributed by atoms with Crippen molar-refractivity contribution in [2.24, 2.45) is 0 Å². The van der Waals surface area contributed by atoms with E-state index in [0.29, 0.717) is 47.1 Å². The molecule has 2 atom stereocenters. The highest BCUT2D eigenvalue weighted by atomic mass is 16.5. The molecule has 8 nitrogen and oxygen atoms in total. The number of methoxy groups -OCH3 is 5. The number of rotatable bonds is 5. The first kappa shape index (κ1) is 20.8. The molecule has 0 spiro atoms. The van der Waals surface area contributed by atoms with E-state index in [1.165, 1.54) is 21.3 Å². The third-order valence-corrected chi connectivity index (χ3v) is 6.08. The van der Waals surface area contributed by atoms with Gasteiger partial charge in [-0.2, -0.15) is 0 Å². The van der Waals surface area contributed by atoms with E-state index in [-0.39, 0.29) is 5.91 Å². The van der Waals surface area contributed by atoms with Gasteiger partial charge >= 0.3 is 5.97 Å². The fourth-order valence-electron chi connectivity index (χ4n) is 4.68. The molecule has 1 amide bonds. The maximum absolute atomic E-state index is 13.6. The highest BCUT2D eigenvalue weighted by Crippen LogP contribution is 2.51. The number of carbonyl (C=O) groups is 2. The molecule has 2 aromatic carbocycles. The van der Waals surface area contributed by atoms with Crippen molar-refractivity contribution in [3.8, 4) is 23.0 Å². The first-order valence-electron chi connectivity index (χ1n) is 9.89. The normalized spacial score (nSPS) is 19.0. The Bertz CT molecular complexity index is 1050. The van der Waals surface area contributed by atoms with Gasteiger partial charge in [-0.15, -0.1) is 0 Å². The number of nitrogens with zero attached hydrogens (tertiary/aromatic N) is 1. The van der Waals surface area contributed by atoms with Gasteiger partial charge in [-0.3, -0.25) is 9.59 Å². The molecule has 2 aliphatic heterocycles. The van der Waals surface area contributed by atoms with E-state index in [2.05, 4.69) is 0 Å². The van der Waals surface area contributed by atoms with Crippen LogP contribution in [0.2, 0.25) is 0 Å². The van der Waals surface area contributed by atoms with Crippen LogP contribution >= 0.6 is 0 Å². The lowest BCUT2D eigenvalue weighted by Crippen LogP contribution is -2.48. The standard InChI is InChI=1S/C23H25NO7/c1-27-15-7-6-13-18(23(26)31-5)20-14-11-17(29-3)16(28-2)10-12(14)8-9-24(20)22(25)19(13)21(15)30-4/h6-7,10-11,18,20H,8-9H2,1-5H3. The molecule has 0 saturated heterocycles. The second-order valence-electron chi connectivity index (χ2n) is 7.37. The molecule has 0 aliphatic carbocycles. The van der Waals surface area contributed by atoms with Gasteiger partial charge in [-0.05, 0) is 41.3 Å². The van der Waals surface area contributed by atoms with Crippen molar-refractivity contribution in [2.75, 3.05) is 42.1 Å². The number of hydrogen-bond acceptors (Lipinski definition) is 7. The summed E-state index contributed by atoms with van der Waals surface area (Å²) < 4.78 is 27.0. The summed E-state index contributed by atoms with van der Waals surface area (Å²) in [6.07, 6.45) is 0.618. The van der Waals surface area contributed by atoms with Crippen LogP contribution in [0.25, 0.3) is 0 Å². The van der Waals surface area contributed by atoms with Crippen LogP contribution in [0.3, 0.4) is 0 Å². The predicted octanol–water partition coefficient (Wildman–Crippen LogP) is 2.73. The van der Waals surface area contributed by atoms with E-state index in [0.717, 1.165) is 11.1 Å². The molecule has 0 bridgehead atoms. The van der Waals surface area contributed by atoms with Gasteiger partial charge in [0.25, 0.3) is 5.91 Å². The summed E-state index contributed by atoms with van der Waals surface area (Å²) in [6.45, 7) is 0.444. The van der Waals surface area contributed by atoms with Crippen LogP contribution in [0.15, 0.2) is 24.3 Å². The fourth-order valence-corrected chi connectivity index (χ4v) is 4.68. The largest absolute Gasteiger partial charge is 0.493 e. The maximum Gasteiger partial charge on any atom is 0.315 e. The number of ether oxygens (including phenoxy) is 5. The van der Waals surface area contributed by atoms with Crippen LogP contribution in [0, 0.1) is 0 Å². The number of esters is 1. The van der Waals surface area contributed by atoms with Crippen LogP contribution in [0.4, 0.5) is 0 Å². The van der Waals surface area contributed by atoms with E-state index in [4.69, 9.17) is 23.7 Å². The molecule has 2 aliphatic rings. The number of hydrogen-bond donors (Lipinski definition) is 0. The molecule has 0 saturated carbocycles. The van der Waals surface area contributed by atoms with Gasteiger partial charge < -0.3 is 28.6 Å². The SMILES string of the molecule is COC(=O)C1c2ccc(OC)c(OC)c2C(=O)N2CCc3cc(OC)c(OC)cc3C12. The molecular formula is C23H25NO7. The average molecular weight is 427 g/mol. The van der Waals surface area contributed by atoms with Crippen molar-refractivity contribution in [2.45, 2.75) is 18.4 Å². The zero-order valence-corrected chi connectivity index (χ0v) is 18.2. The summed E-state index contributed by atoms with van der Waals surface area (Å²) in [4.78, 5) is 28.4. The Labute approximate surface area is 180 Å². The van der Waals surface area contributed by atoms with Crippen LogP contribution in [0.5, 0.6) is 23.0 Å². The first-order chi connectivity index (χ1) is 15.0. The fraction of sp³-hybridized carbons (Fsp3) is 0.391. The Hall–Kier alpha value is -3.42. The maximum atomic E-state index is 13.6. The average Bonchev–Trinajstić information content (AvgIpc) is 2.81. The van der Waals surface area contributed by atoms with Crippen molar-refractivity contribution in [3.05, 3.63) is 46.5 Å². The number of amides is 1. The molecule has 2 unspecified atom stereocenters. The van der Waals surface area contributed by atoms with Gasteiger partial charge in [0.2, 0.25) is 0 Å². The molecule has 0 fully saturated rings. The highest BCUT2D eigenvalue weighted by Gasteiger charge is 2.49. The summed E-state index contributed by atoms with van der Waals surface area (Å²) in [7, 11) is 7.47. The summed E-state index contributed by atoms with van der Waals surface area (Å²) in [6, 6.07) is 6.67. The van der Waals surface area contributed by atoms with Crippen LogP contribution in [0.1, 0.15) is 39.0 Å². The van der Waals surface area contributed by atoms with Gasteiger partial charge in [-0.1, -0.05) is 6.07 Å². The smallest absolute Gasteiger partial charge is 0.315 e. The van der Waals surface area contributed by atoms with Gasteiger partial charge in [0.15, 0.2) is 23.0 Å². The molecule has 2 aromatic rings. The van der Waals surface area contributed by atoms with Gasteiger partial charge in [0.1, 0.15) is 5.92 Å².